The SMILES string of the molecule is [2H]c1c([2H])c([2H])c(-c2cc3c4c(c2)N(c2ccc5c(c2)C(C)(C)CCC5(C)C)c2c(sc5cc6c(cc25)C2(C)CCC6(C)CC2)B4c2cc4c(cc2N3c2ccc3c(c2)C(C)(C)CCC3(C)C)C2(C)CCC4(C)CC2)c([2H])c1[2H]. The molecule has 7 aromatic rings. The minimum atomic E-state index is -0.371. The van der Waals surface area contributed by atoms with E-state index in [4.69, 9.17) is 4.11 Å². The fourth-order valence-electron chi connectivity index (χ4n) is 16.9. The Hall–Kier alpha value is -5.06. The molecule has 2 aliphatic heterocycles. The van der Waals surface area contributed by atoms with Crippen LogP contribution in [-0.4, -0.2) is 6.71 Å². The van der Waals surface area contributed by atoms with Gasteiger partial charge in [0.05, 0.1) is 12.5 Å². The van der Waals surface area contributed by atoms with E-state index in [1.165, 1.54) is 127 Å². The Morgan fingerprint density at radius 1 is 0.419 bits per heavy atom. The lowest BCUT2D eigenvalue weighted by atomic mass is 9.35. The molecule has 8 aliphatic carbocycles. The molecule has 0 N–H and O–H groups in total. The zero-order valence-electron chi connectivity index (χ0n) is 51.3. The molecule has 10 aliphatic rings. The van der Waals surface area contributed by atoms with Crippen LogP contribution in [0.4, 0.5) is 34.1 Å². The Balaban J connectivity index is 1.12. The van der Waals surface area contributed by atoms with Crippen LogP contribution in [-0.2, 0) is 43.3 Å². The highest BCUT2D eigenvalue weighted by atomic mass is 32.1. The van der Waals surface area contributed by atoms with Crippen molar-refractivity contribution in [2.45, 2.75) is 203 Å². The monoisotopic (exact) mass is 994 g/mol. The molecule has 376 valence electrons. The quantitative estimate of drug-likeness (QED) is 0.163. The van der Waals surface area contributed by atoms with Gasteiger partial charge in [-0.05, 0) is 242 Å². The summed E-state index contributed by atoms with van der Waals surface area (Å²) in [5.74, 6) is 0. The molecule has 0 radical (unpaired) electrons. The van der Waals surface area contributed by atoms with E-state index in [1.807, 2.05) is 11.3 Å². The van der Waals surface area contributed by atoms with Crippen LogP contribution in [0.3, 0.4) is 0 Å². The molecular formula is C70H77BN2S. The summed E-state index contributed by atoms with van der Waals surface area (Å²) in [6.45, 7) is 29.3. The Morgan fingerprint density at radius 2 is 0.865 bits per heavy atom. The summed E-state index contributed by atoms with van der Waals surface area (Å²) < 4.78 is 49.1. The number of rotatable bonds is 3. The summed E-state index contributed by atoms with van der Waals surface area (Å²) in [4.78, 5) is 5.17. The molecule has 0 unspecified atom stereocenters. The normalized spacial score (nSPS) is 29.4. The molecule has 6 aromatic carbocycles. The van der Waals surface area contributed by atoms with Crippen molar-refractivity contribution in [3.63, 3.8) is 0 Å². The molecule has 1 aromatic heterocycles. The largest absolute Gasteiger partial charge is 0.311 e. The van der Waals surface area contributed by atoms with Crippen LogP contribution in [0.15, 0.2) is 103 Å². The lowest BCUT2D eigenvalue weighted by Gasteiger charge is -2.53. The van der Waals surface area contributed by atoms with E-state index in [1.54, 1.807) is 5.56 Å². The van der Waals surface area contributed by atoms with E-state index in [0.29, 0.717) is 5.56 Å². The van der Waals surface area contributed by atoms with Crippen molar-refractivity contribution in [3.05, 3.63) is 148 Å². The van der Waals surface area contributed by atoms with E-state index in [9.17, 15) is 2.74 Å². The minimum absolute atomic E-state index is 0.0236. The maximum Gasteiger partial charge on any atom is 0.264 e. The predicted molar refractivity (Wildman–Crippen MR) is 318 cm³/mol. The van der Waals surface area contributed by atoms with E-state index < -0.39 is 0 Å². The van der Waals surface area contributed by atoms with Crippen molar-refractivity contribution in [1.29, 1.82) is 0 Å². The minimum Gasteiger partial charge on any atom is -0.311 e. The van der Waals surface area contributed by atoms with Gasteiger partial charge in [0.1, 0.15) is 0 Å². The van der Waals surface area contributed by atoms with Gasteiger partial charge in [-0.15, -0.1) is 11.3 Å². The van der Waals surface area contributed by atoms with Crippen molar-refractivity contribution in [2.75, 3.05) is 9.80 Å². The molecular weight excluding hydrogens is 912 g/mol. The average Bonchev–Trinajstić information content (AvgIpc) is 3.70. The topological polar surface area (TPSA) is 6.48 Å². The molecule has 0 atom stereocenters. The zero-order valence-corrected chi connectivity index (χ0v) is 47.1. The number of nitrogens with zero attached hydrogens (tertiary/aromatic N) is 2. The van der Waals surface area contributed by atoms with Gasteiger partial charge < -0.3 is 9.80 Å². The molecule has 0 spiro atoms. The van der Waals surface area contributed by atoms with Gasteiger partial charge in [-0.3, -0.25) is 0 Å². The van der Waals surface area contributed by atoms with Crippen molar-refractivity contribution >= 4 is 78.0 Å². The predicted octanol–water partition coefficient (Wildman–Crippen LogP) is 17.6. The molecule has 4 bridgehead atoms. The van der Waals surface area contributed by atoms with Gasteiger partial charge in [-0.1, -0.05) is 131 Å². The Kier molecular flexibility index (Phi) is 8.06. The molecule has 2 fully saturated rings. The van der Waals surface area contributed by atoms with Crippen LogP contribution < -0.4 is 25.5 Å². The molecule has 17 rings (SSSR count). The Labute approximate surface area is 454 Å². The van der Waals surface area contributed by atoms with Gasteiger partial charge in [0.25, 0.3) is 6.71 Å². The molecule has 2 saturated carbocycles. The molecule has 4 heteroatoms. The van der Waals surface area contributed by atoms with Gasteiger partial charge in [0, 0.05) is 43.3 Å². The fourth-order valence-corrected chi connectivity index (χ4v) is 18.2. The highest BCUT2D eigenvalue weighted by Crippen LogP contribution is 2.61. The first kappa shape index (κ1) is 41.2. The lowest BCUT2D eigenvalue weighted by Crippen LogP contribution is -2.61. The van der Waals surface area contributed by atoms with Crippen LogP contribution in [0.25, 0.3) is 21.2 Å². The molecule has 0 amide bonds. The molecule has 2 nitrogen and oxygen atoms in total. The number of anilines is 6. The van der Waals surface area contributed by atoms with Gasteiger partial charge in [0.2, 0.25) is 0 Å². The molecule has 0 saturated heterocycles. The standard InChI is InChI=1S/C70H77BN2S/c1-63(2)22-24-65(5,6)49-36-44(18-20-47(49)63)72-56-40-53-52(68(10)28-30-69(53,11)31-29-68)39-55(56)71-60-57(72)34-43(42-16-14-13-15-17-42)35-58(60)73(45-19-21-48-50(37-45)66(7,8)25-23-64(48,3)4)61-46-38-51-54(41-59(46)74-62(61)71)70(12)32-26-67(51,9)27-33-70/h13-21,34-41H,22-33H2,1-12H3/i13D,14D,15D,16D,17D. The van der Waals surface area contributed by atoms with Crippen LogP contribution in [0, 0.1) is 0 Å². The number of fused-ring (bicyclic) bond motifs is 12. The second-order valence-corrected chi connectivity index (χ2v) is 30.0. The summed E-state index contributed by atoms with van der Waals surface area (Å²) in [7, 11) is 0. The van der Waals surface area contributed by atoms with E-state index >= 15 is 0 Å². The zero-order chi connectivity index (χ0) is 55.4. The lowest BCUT2D eigenvalue weighted by molar-refractivity contribution is 0.188. The number of benzene rings is 6. The fraction of sp³-hybridized carbons (Fsp3) is 0.457. The first-order valence-electron chi connectivity index (χ1n) is 31.0. The van der Waals surface area contributed by atoms with Crippen LogP contribution in [0.2, 0.25) is 0 Å². The number of hydrogen-bond donors (Lipinski definition) is 0. The number of thiophene rings is 1. The van der Waals surface area contributed by atoms with E-state index in [2.05, 4.69) is 166 Å². The molecule has 74 heavy (non-hydrogen) atoms. The summed E-state index contributed by atoms with van der Waals surface area (Å²) in [5.41, 5.74) is 22.2. The van der Waals surface area contributed by atoms with Crippen LogP contribution >= 0.6 is 11.3 Å². The highest BCUT2D eigenvalue weighted by molar-refractivity contribution is 7.33. The first-order valence-corrected chi connectivity index (χ1v) is 29.4. The van der Waals surface area contributed by atoms with E-state index in [0.717, 1.165) is 48.4 Å². The smallest absolute Gasteiger partial charge is 0.264 e. The second kappa shape index (κ2) is 14.5. The Morgan fingerprint density at radius 3 is 1.39 bits per heavy atom. The summed E-state index contributed by atoms with van der Waals surface area (Å²) in [6.07, 6.45) is 14.0. The maximum absolute atomic E-state index is 9.67. The summed E-state index contributed by atoms with van der Waals surface area (Å²) >= 11 is 2.01. The van der Waals surface area contributed by atoms with Gasteiger partial charge in [-0.2, -0.15) is 0 Å². The van der Waals surface area contributed by atoms with Gasteiger partial charge >= 0.3 is 0 Å². The average molecular weight is 994 g/mol. The van der Waals surface area contributed by atoms with Gasteiger partial charge in [0.15, 0.2) is 0 Å². The van der Waals surface area contributed by atoms with Crippen molar-refractivity contribution in [1.82, 2.24) is 0 Å². The third-order valence-electron chi connectivity index (χ3n) is 22.4. The highest BCUT2D eigenvalue weighted by Gasteiger charge is 2.53. The first-order chi connectivity index (χ1) is 37.1. The van der Waals surface area contributed by atoms with E-state index in [-0.39, 0.29) is 85.8 Å². The summed E-state index contributed by atoms with van der Waals surface area (Å²) in [5, 5.41) is 1.30. The molecule has 3 heterocycles. The van der Waals surface area contributed by atoms with Gasteiger partial charge in [-0.25, -0.2) is 0 Å². The van der Waals surface area contributed by atoms with Crippen molar-refractivity contribution < 1.29 is 6.85 Å². The van der Waals surface area contributed by atoms with Crippen LogP contribution in [0.1, 0.15) is 211 Å². The maximum atomic E-state index is 9.67. The third kappa shape index (κ3) is 6.07. The summed E-state index contributed by atoms with van der Waals surface area (Å²) in [6, 6.07) is 28.4. The third-order valence-corrected chi connectivity index (χ3v) is 23.6. The number of hydrogen-bond acceptors (Lipinski definition) is 3. The van der Waals surface area contributed by atoms with Crippen molar-refractivity contribution in [3.8, 4) is 11.1 Å². The second-order valence-electron chi connectivity index (χ2n) is 28.9. The van der Waals surface area contributed by atoms with Crippen molar-refractivity contribution in [2.24, 2.45) is 0 Å². The Bertz CT molecular complexity index is 3890. The van der Waals surface area contributed by atoms with Crippen LogP contribution in [0.5, 0.6) is 0 Å².